The van der Waals surface area contributed by atoms with E-state index in [1.54, 1.807) is 12.1 Å². The van der Waals surface area contributed by atoms with Crippen LogP contribution in [0.3, 0.4) is 0 Å². The second-order valence-corrected chi connectivity index (χ2v) is 9.57. The van der Waals surface area contributed by atoms with Gasteiger partial charge in [-0.2, -0.15) is 13.2 Å². The zero-order valence-electron chi connectivity index (χ0n) is 18.1. The highest BCUT2D eigenvalue weighted by Crippen LogP contribution is 2.32. The van der Waals surface area contributed by atoms with Crippen molar-refractivity contribution >= 4 is 21.5 Å². The Bertz CT molecular complexity index is 1260. The molecule has 0 atom stereocenters. The van der Waals surface area contributed by atoms with Gasteiger partial charge in [0.15, 0.2) is 5.82 Å². The molecule has 1 aromatic heterocycles. The van der Waals surface area contributed by atoms with Crippen molar-refractivity contribution < 1.29 is 26.0 Å². The molecular formula is C22H21F4N5O2S. The zero-order valence-corrected chi connectivity index (χ0v) is 18.9. The second-order valence-electron chi connectivity index (χ2n) is 7.89. The lowest BCUT2D eigenvalue weighted by molar-refractivity contribution is -0.140. The van der Waals surface area contributed by atoms with Crippen LogP contribution in [0.4, 0.5) is 29.1 Å². The molecule has 3 aromatic rings. The zero-order chi connectivity index (χ0) is 24.5. The highest BCUT2D eigenvalue weighted by atomic mass is 32.2. The van der Waals surface area contributed by atoms with E-state index in [2.05, 4.69) is 31.8 Å². The number of anilines is 2. The van der Waals surface area contributed by atoms with Gasteiger partial charge >= 0.3 is 6.18 Å². The van der Waals surface area contributed by atoms with Gasteiger partial charge in [-0.1, -0.05) is 12.1 Å². The predicted octanol–water partition coefficient (Wildman–Crippen LogP) is 3.85. The number of likely N-dealkylation sites (N-methyl/N-ethyl adjacent to an activating group) is 1. The first-order chi connectivity index (χ1) is 16.0. The van der Waals surface area contributed by atoms with E-state index in [1.807, 2.05) is 12.1 Å². The number of piperazine rings is 1. The average Bonchev–Trinajstić information content (AvgIpc) is 2.79. The standard InChI is InChI=1S/C22H21F4N5O2S/c1-30-10-12-31(13-11-30)21-9-8-20(27-28-21)15-2-4-16(5-3-15)29-34(32,33)17-6-7-18(19(23)14-17)22(24,25)26/h2-9,14,29H,10-13H2,1H3. The number of sulfonamides is 1. The summed E-state index contributed by atoms with van der Waals surface area (Å²) in [6.07, 6.45) is -4.92. The molecule has 0 amide bonds. The SMILES string of the molecule is CN1CCN(c2ccc(-c3ccc(NS(=O)(=O)c4ccc(C(F)(F)F)c(F)c4)cc3)nn2)CC1. The molecule has 4 rings (SSSR count). The van der Waals surface area contributed by atoms with Crippen LogP contribution in [-0.2, 0) is 16.2 Å². The van der Waals surface area contributed by atoms with E-state index in [0.717, 1.165) is 32.0 Å². The maximum atomic E-state index is 13.8. The molecule has 0 saturated carbocycles. The summed E-state index contributed by atoms with van der Waals surface area (Å²) in [7, 11) is -2.22. The minimum Gasteiger partial charge on any atom is -0.353 e. The number of hydrogen-bond donors (Lipinski definition) is 1. The summed E-state index contributed by atoms with van der Waals surface area (Å²) in [4.78, 5) is 3.77. The fourth-order valence-electron chi connectivity index (χ4n) is 3.50. The summed E-state index contributed by atoms with van der Waals surface area (Å²) in [5.74, 6) is -0.880. The van der Waals surface area contributed by atoms with Gasteiger partial charge in [0.2, 0.25) is 0 Å². The van der Waals surface area contributed by atoms with Gasteiger partial charge in [-0.15, -0.1) is 10.2 Å². The lowest BCUT2D eigenvalue weighted by Gasteiger charge is -2.32. The molecule has 0 aliphatic carbocycles. The lowest BCUT2D eigenvalue weighted by Crippen LogP contribution is -2.44. The van der Waals surface area contributed by atoms with Gasteiger partial charge in [-0.05, 0) is 49.5 Å². The first-order valence-corrected chi connectivity index (χ1v) is 11.8. The molecule has 180 valence electrons. The Balaban J connectivity index is 1.46. The maximum absolute atomic E-state index is 13.8. The minimum atomic E-state index is -4.92. The first kappa shape index (κ1) is 23.9. The molecule has 12 heteroatoms. The molecular weight excluding hydrogens is 474 g/mol. The van der Waals surface area contributed by atoms with Gasteiger partial charge in [0.05, 0.1) is 16.2 Å². The summed E-state index contributed by atoms with van der Waals surface area (Å²) in [5.41, 5.74) is -0.0836. The van der Waals surface area contributed by atoms with Crippen LogP contribution < -0.4 is 9.62 Å². The molecule has 0 radical (unpaired) electrons. The Kier molecular flexibility index (Phi) is 6.45. The van der Waals surface area contributed by atoms with Crippen LogP contribution in [0.25, 0.3) is 11.3 Å². The lowest BCUT2D eigenvalue weighted by atomic mass is 10.1. The van der Waals surface area contributed by atoms with Crippen LogP contribution in [0.5, 0.6) is 0 Å². The van der Waals surface area contributed by atoms with E-state index in [1.165, 1.54) is 12.1 Å². The quantitative estimate of drug-likeness (QED) is 0.542. The molecule has 0 bridgehead atoms. The topological polar surface area (TPSA) is 78.4 Å². The van der Waals surface area contributed by atoms with Crippen LogP contribution in [-0.4, -0.2) is 56.7 Å². The van der Waals surface area contributed by atoms with Crippen molar-refractivity contribution in [3.8, 4) is 11.3 Å². The van der Waals surface area contributed by atoms with Crippen LogP contribution >= 0.6 is 0 Å². The molecule has 1 saturated heterocycles. The van der Waals surface area contributed by atoms with E-state index in [-0.39, 0.29) is 5.69 Å². The third kappa shape index (κ3) is 5.28. The summed E-state index contributed by atoms with van der Waals surface area (Å²) >= 11 is 0. The summed E-state index contributed by atoms with van der Waals surface area (Å²) in [6.45, 7) is 3.62. The van der Waals surface area contributed by atoms with Crippen molar-refractivity contribution in [3.05, 3.63) is 66.0 Å². The van der Waals surface area contributed by atoms with E-state index in [0.29, 0.717) is 29.5 Å². The number of alkyl halides is 3. The molecule has 2 aromatic carbocycles. The number of aromatic nitrogens is 2. The number of hydrogen-bond acceptors (Lipinski definition) is 6. The first-order valence-electron chi connectivity index (χ1n) is 10.3. The third-order valence-electron chi connectivity index (χ3n) is 5.47. The number of benzene rings is 2. The fourth-order valence-corrected chi connectivity index (χ4v) is 4.57. The summed E-state index contributed by atoms with van der Waals surface area (Å²) < 4.78 is 79.1. The molecule has 1 N–H and O–H groups in total. The normalized spacial score (nSPS) is 15.4. The van der Waals surface area contributed by atoms with Gasteiger partial charge in [-0.3, -0.25) is 4.72 Å². The Morgan fingerprint density at radius 3 is 2.15 bits per heavy atom. The molecule has 1 aliphatic heterocycles. The molecule has 2 heterocycles. The van der Waals surface area contributed by atoms with Crippen LogP contribution in [0.1, 0.15) is 5.56 Å². The summed E-state index contributed by atoms with van der Waals surface area (Å²) in [6, 6.07) is 11.4. The van der Waals surface area contributed by atoms with Crippen LogP contribution in [0.15, 0.2) is 59.5 Å². The maximum Gasteiger partial charge on any atom is 0.419 e. The van der Waals surface area contributed by atoms with E-state index in [4.69, 9.17) is 0 Å². The number of halogens is 4. The minimum absolute atomic E-state index is 0.158. The average molecular weight is 496 g/mol. The van der Waals surface area contributed by atoms with Crippen molar-refractivity contribution in [1.29, 1.82) is 0 Å². The van der Waals surface area contributed by atoms with Gasteiger partial charge in [0.25, 0.3) is 10.0 Å². The highest BCUT2D eigenvalue weighted by Gasteiger charge is 2.34. The second kappa shape index (κ2) is 9.18. The van der Waals surface area contributed by atoms with Crippen molar-refractivity contribution in [3.63, 3.8) is 0 Å². The van der Waals surface area contributed by atoms with Crippen molar-refractivity contribution in [2.24, 2.45) is 0 Å². The largest absolute Gasteiger partial charge is 0.419 e. The Hall–Kier alpha value is -3.25. The third-order valence-corrected chi connectivity index (χ3v) is 6.85. The molecule has 34 heavy (non-hydrogen) atoms. The number of rotatable bonds is 5. The monoisotopic (exact) mass is 495 g/mol. The molecule has 7 nitrogen and oxygen atoms in total. The van der Waals surface area contributed by atoms with Crippen molar-refractivity contribution in [2.45, 2.75) is 11.1 Å². The van der Waals surface area contributed by atoms with E-state index >= 15 is 0 Å². The van der Waals surface area contributed by atoms with Gasteiger partial charge in [0.1, 0.15) is 5.82 Å². The Labute approximate surface area is 194 Å². The van der Waals surface area contributed by atoms with Crippen molar-refractivity contribution in [2.75, 3.05) is 42.8 Å². The summed E-state index contributed by atoms with van der Waals surface area (Å²) in [5, 5.41) is 8.54. The number of nitrogens with zero attached hydrogens (tertiary/aromatic N) is 4. The smallest absolute Gasteiger partial charge is 0.353 e. The number of nitrogens with one attached hydrogen (secondary N) is 1. The molecule has 0 spiro atoms. The Morgan fingerprint density at radius 1 is 0.912 bits per heavy atom. The Morgan fingerprint density at radius 2 is 1.59 bits per heavy atom. The molecule has 1 aliphatic rings. The molecule has 1 fully saturated rings. The van der Waals surface area contributed by atoms with Gasteiger partial charge < -0.3 is 9.80 Å². The van der Waals surface area contributed by atoms with Gasteiger partial charge in [0, 0.05) is 37.4 Å². The predicted molar refractivity (Wildman–Crippen MR) is 119 cm³/mol. The van der Waals surface area contributed by atoms with E-state index < -0.39 is 32.5 Å². The van der Waals surface area contributed by atoms with Crippen LogP contribution in [0.2, 0.25) is 0 Å². The van der Waals surface area contributed by atoms with Crippen molar-refractivity contribution in [1.82, 2.24) is 15.1 Å². The van der Waals surface area contributed by atoms with Gasteiger partial charge in [-0.25, -0.2) is 12.8 Å². The van der Waals surface area contributed by atoms with E-state index in [9.17, 15) is 26.0 Å². The fraction of sp³-hybridized carbons (Fsp3) is 0.273. The molecule has 0 unspecified atom stereocenters. The highest BCUT2D eigenvalue weighted by molar-refractivity contribution is 7.92. The van der Waals surface area contributed by atoms with Crippen LogP contribution in [0, 0.1) is 5.82 Å².